The number of hydrogen-bond donors (Lipinski definition) is 0. The normalized spacial score (nSPS) is 12.6. The van der Waals surface area contributed by atoms with Gasteiger partial charge < -0.3 is 14.0 Å². The zero-order chi connectivity index (χ0) is 24.7. The Bertz CT molecular complexity index is 1170. The van der Waals surface area contributed by atoms with E-state index in [0.717, 1.165) is 22.7 Å². The lowest BCUT2D eigenvalue weighted by Gasteiger charge is -2.23. The fourth-order valence-electron chi connectivity index (χ4n) is 3.58. The van der Waals surface area contributed by atoms with E-state index < -0.39 is 10.0 Å². The third kappa shape index (κ3) is 5.87. The molecule has 0 saturated carbocycles. The van der Waals surface area contributed by atoms with E-state index in [9.17, 15) is 8.42 Å². The average Bonchev–Trinajstić information content (AvgIpc) is 3.17. The fraction of sp³-hybridized carbons (Fsp3) is 0.423. The van der Waals surface area contributed by atoms with Crippen LogP contribution in [0.1, 0.15) is 37.1 Å². The summed E-state index contributed by atoms with van der Waals surface area (Å²) < 4.78 is 45.0. The van der Waals surface area contributed by atoms with Gasteiger partial charge in [-0.2, -0.15) is 0 Å². The van der Waals surface area contributed by atoms with Crippen LogP contribution in [0.5, 0.6) is 0 Å². The summed E-state index contributed by atoms with van der Waals surface area (Å²) in [6.07, 6.45) is 2.11. The van der Waals surface area contributed by atoms with E-state index in [4.69, 9.17) is 14.0 Å². The molecule has 0 radical (unpaired) electrons. The SMILES string of the molecule is CCC(C)Cc1ccc(-c2ccccc2S(=O)(=O)N(COCCOC)c2onc(C)c2C)cc1. The molecule has 0 fully saturated rings. The summed E-state index contributed by atoms with van der Waals surface area (Å²) in [7, 11) is -2.47. The number of methoxy groups -OCH3 is 1. The van der Waals surface area contributed by atoms with Crippen molar-refractivity contribution in [3.63, 3.8) is 0 Å². The number of anilines is 1. The van der Waals surface area contributed by atoms with Crippen molar-refractivity contribution in [3.8, 4) is 11.1 Å². The number of ether oxygens (including phenoxy) is 2. The van der Waals surface area contributed by atoms with E-state index in [0.29, 0.717) is 29.3 Å². The van der Waals surface area contributed by atoms with Crippen molar-refractivity contribution in [3.05, 3.63) is 65.4 Å². The van der Waals surface area contributed by atoms with Crippen LogP contribution >= 0.6 is 0 Å². The first-order valence-corrected chi connectivity index (χ1v) is 12.9. The molecular weight excluding hydrogens is 452 g/mol. The number of rotatable bonds is 12. The molecule has 0 aliphatic heterocycles. The highest BCUT2D eigenvalue weighted by Gasteiger charge is 2.32. The minimum absolute atomic E-state index is 0.147. The Labute approximate surface area is 202 Å². The van der Waals surface area contributed by atoms with Crippen LogP contribution in [0.4, 0.5) is 5.88 Å². The van der Waals surface area contributed by atoms with Gasteiger partial charge in [0, 0.05) is 18.2 Å². The minimum Gasteiger partial charge on any atom is -0.382 e. The first kappa shape index (κ1) is 25.9. The van der Waals surface area contributed by atoms with Crippen molar-refractivity contribution in [2.75, 3.05) is 31.4 Å². The lowest BCUT2D eigenvalue weighted by Crippen LogP contribution is -2.34. The molecule has 1 aromatic heterocycles. The summed E-state index contributed by atoms with van der Waals surface area (Å²) in [6, 6.07) is 15.1. The van der Waals surface area contributed by atoms with Gasteiger partial charge in [0.05, 0.1) is 23.8 Å². The number of sulfonamides is 1. The molecule has 0 bridgehead atoms. The lowest BCUT2D eigenvalue weighted by atomic mass is 9.97. The summed E-state index contributed by atoms with van der Waals surface area (Å²) in [6.45, 7) is 8.34. The Morgan fingerprint density at radius 1 is 1.06 bits per heavy atom. The first-order valence-electron chi connectivity index (χ1n) is 11.5. The zero-order valence-electron chi connectivity index (χ0n) is 20.6. The summed E-state index contributed by atoms with van der Waals surface area (Å²) in [4.78, 5) is 0.175. The summed E-state index contributed by atoms with van der Waals surface area (Å²) in [5, 5.41) is 3.95. The largest absolute Gasteiger partial charge is 0.382 e. The molecule has 1 unspecified atom stereocenters. The Hall–Kier alpha value is -2.68. The molecule has 0 aliphatic rings. The van der Waals surface area contributed by atoms with Crippen molar-refractivity contribution in [1.82, 2.24) is 5.16 Å². The fourth-order valence-corrected chi connectivity index (χ4v) is 5.13. The van der Waals surface area contributed by atoms with E-state index in [-0.39, 0.29) is 24.1 Å². The third-order valence-corrected chi connectivity index (χ3v) is 7.76. The van der Waals surface area contributed by atoms with Gasteiger partial charge >= 0.3 is 0 Å². The summed E-state index contributed by atoms with van der Waals surface area (Å²) in [5.41, 5.74) is 3.95. The highest BCUT2D eigenvalue weighted by Crippen LogP contribution is 2.34. The van der Waals surface area contributed by atoms with Crippen LogP contribution in [0.25, 0.3) is 11.1 Å². The molecule has 0 amide bonds. The second-order valence-corrected chi connectivity index (χ2v) is 10.3. The van der Waals surface area contributed by atoms with E-state index >= 15 is 0 Å². The molecule has 34 heavy (non-hydrogen) atoms. The monoisotopic (exact) mass is 486 g/mol. The van der Waals surface area contributed by atoms with Gasteiger partial charge in [-0.3, -0.25) is 0 Å². The number of hydrogen-bond acceptors (Lipinski definition) is 6. The van der Waals surface area contributed by atoms with Crippen molar-refractivity contribution in [2.24, 2.45) is 5.92 Å². The molecular formula is C26H34N2O5S. The highest BCUT2D eigenvalue weighted by atomic mass is 32.2. The van der Waals surface area contributed by atoms with Gasteiger partial charge in [-0.05, 0) is 43.4 Å². The van der Waals surface area contributed by atoms with E-state index in [1.807, 2.05) is 24.3 Å². The molecule has 0 aliphatic carbocycles. The molecule has 0 N–H and O–H groups in total. The number of nitrogens with zero attached hydrogens (tertiary/aromatic N) is 2. The van der Waals surface area contributed by atoms with Crippen LogP contribution in [-0.4, -0.2) is 40.6 Å². The maximum Gasteiger partial charge on any atom is 0.269 e. The van der Waals surface area contributed by atoms with Gasteiger partial charge in [0.1, 0.15) is 6.73 Å². The van der Waals surface area contributed by atoms with Gasteiger partial charge in [-0.1, -0.05) is 67.9 Å². The zero-order valence-corrected chi connectivity index (χ0v) is 21.4. The first-order chi connectivity index (χ1) is 16.3. The van der Waals surface area contributed by atoms with Crippen LogP contribution in [0.3, 0.4) is 0 Å². The van der Waals surface area contributed by atoms with Gasteiger partial charge in [-0.15, -0.1) is 0 Å². The second kappa shape index (κ2) is 11.6. The van der Waals surface area contributed by atoms with Crippen molar-refractivity contribution in [1.29, 1.82) is 0 Å². The summed E-state index contributed by atoms with van der Waals surface area (Å²) in [5.74, 6) is 0.743. The molecule has 2 aromatic carbocycles. The third-order valence-electron chi connectivity index (χ3n) is 6.00. The highest BCUT2D eigenvalue weighted by molar-refractivity contribution is 7.93. The molecule has 3 rings (SSSR count). The predicted octanol–water partition coefficient (Wildman–Crippen LogP) is 5.36. The smallest absolute Gasteiger partial charge is 0.269 e. The van der Waals surface area contributed by atoms with Crippen molar-refractivity contribution in [2.45, 2.75) is 45.4 Å². The molecule has 0 saturated heterocycles. The Balaban J connectivity index is 2.00. The Morgan fingerprint density at radius 3 is 2.38 bits per heavy atom. The molecule has 1 atom stereocenters. The van der Waals surface area contributed by atoms with Crippen LogP contribution in [0.15, 0.2) is 57.9 Å². The minimum atomic E-state index is -4.03. The van der Waals surface area contributed by atoms with Crippen LogP contribution in [0, 0.1) is 19.8 Å². The molecule has 7 nitrogen and oxygen atoms in total. The molecule has 3 aromatic rings. The van der Waals surface area contributed by atoms with Gasteiger partial charge in [0.2, 0.25) is 5.88 Å². The number of aryl methyl sites for hydroxylation is 1. The molecule has 184 valence electrons. The van der Waals surface area contributed by atoms with Gasteiger partial charge in [0.15, 0.2) is 0 Å². The van der Waals surface area contributed by atoms with Crippen molar-refractivity contribution < 1.29 is 22.4 Å². The van der Waals surface area contributed by atoms with Crippen LogP contribution < -0.4 is 4.31 Å². The maximum absolute atomic E-state index is 13.9. The number of benzene rings is 2. The second-order valence-electron chi connectivity index (χ2n) is 8.49. The average molecular weight is 487 g/mol. The quantitative estimate of drug-likeness (QED) is 0.253. The summed E-state index contributed by atoms with van der Waals surface area (Å²) >= 11 is 0. The van der Waals surface area contributed by atoms with E-state index in [1.54, 1.807) is 33.1 Å². The van der Waals surface area contributed by atoms with E-state index in [2.05, 4.69) is 31.1 Å². The molecule has 0 spiro atoms. The maximum atomic E-state index is 13.9. The topological polar surface area (TPSA) is 81.9 Å². The van der Waals surface area contributed by atoms with E-state index in [1.165, 1.54) is 5.56 Å². The molecule has 1 heterocycles. The van der Waals surface area contributed by atoms with Crippen LogP contribution in [0.2, 0.25) is 0 Å². The van der Waals surface area contributed by atoms with Gasteiger partial charge in [0.25, 0.3) is 10.0 Å². The Kier molecular flexibility index (Phi) is 8.88. The van der Waals surface area contributed by atoms with Crippen LogP contribution in [-0.2, 0) is 25.9 Å². The van der Waals surface area contributed by atoms with Crippen molar-refractivity contribution >= 4 is 15.9 Å². The Morgan fingerprint density at radius 2 is 1.76 bits per heavy atom. The predicted molar refractivity (Wildman–Crippen MR) is 133 cm³/mol. The lowest BCUT2D eigenvalue weighted by molar-refractivity contribution is 0.0744. The molecule has 8 heteroatoms. The van der Waals surface area contributed by atoms with Gasteiger partial charge in [-0.25, -0.2) is 12.7 Å². The standard InChI is InChI=1S/C26H34N2O5S/c1-6-19(2)17-22-11-13-23(14-12-22)24-9-7-8-10-25(24)34(29,30)28(18-32-16-15-31-5)26-20(3)21(4)27-33-26/h7-14,19H,6,15-18H2,1-5H3. The number of aromatic nitrogens is 1.